The minimum atomic E-state index is -0.922. The van der Waals surface area contributed by atoms with Gasteiger partial charge < -0.3 is 34.3 Å². The van der Waals surface area contributed by atoms with E-state index >= 15 is 0 Å². The zero-order valence-corrected chi connectivity index (χ0v) is 15.2. The van der Waals surface area contributed by atoms with Crippen molar-refractivity contribution in [1.29, 1.82) is 0 Å². The van der Waals surface area contributed by atoms with Crippen molar-refractivity contribution in [3.8, 4) is 0 Å². The second-order valence-corrected chi connectivity index (χ2v) is 5.79. The third-order valence-electron chi connectivity index (χ3n) is 3.35. The van der Waals surface area contributed by atoms with Crippen molar-refractivity contribution in [3.63, 3.8) is 0 Å². The van der Waals surface area contributed by atoms with Crippen molar-refractivity contribution in [1.82, 2.24) is 0 Å². The van der Waals surface area contributed by atoms with Gasteiger partial charge in [-0.2, -0.15) is 0 Å². The Kier molecular flexibility index (Phi) is 17.3. The van der Waals surface area contributed by atoms with Gasteiger partial charge in [0, 0.05) is 13.2 Å². The van der Waals surface area contributed by atoms with Crippen LogP contribution in [0.5, 0.6) is 0 Å². The lowest BCUT2D eigenvalue weighted by atomic mass is 10.3. The molecule has 146 valence electrons. The Morgan fingerprint density at radius 1 is 0.708 bits per heavy atom. The first-order chi connectivity index (χ1) is 11.7. The maximum atomic E-state index is 9.39. The van der Waals surface area contributed by atoms with Crippen molar-refractivity contribution in [3.05, 3.63) is 0 Å². The first-order valence-corrected chi connectivity index (χ1v) is 8.96. The van der Waals surface area contributed by atoms with E-state index in [1.807, 2.05) is 0 Å². The standard InChI is InChI=1S/C17H36O7/c1-3-5-7-21-12-16(10-19)24-14-17(13-22-8-6-4-2)23-11-15(20)9-18/h15-20H,3-14H2,1-2H3. The zero-order valence-electron chi connectivity index (χ0n) is 15.2. The van der Waals surface area contributed by atoms with E-state index in [4.69, 9.17) is 24.1 Å². The quantitative estimate of drug-likeness (QED) is 0.313. The molecule has 0 heterocycles. The molecule has 0 bridgehead atoms. The molecular formula is C17H36O7. The lowest BCUT2D eigenvalue weighted by molar-refractivity contribution is -0.116. The van der Waals surface area contributed by atoms with Crippen LogP contribution in [0.4, 0.5) is 0 Å². The van der Waals surface area contributed by atoms with Crippen LogP contribution in [0.1, 0.15) is 39.5 Å². The molecule has 0 saturated heterocycles. The van der Waals surface area contributed by atoms with E-state index in [1.165, 1.54) is 0 Å². The van der Waals surface area contributed by atoms with Crippen molar-refractivity contribution in [2.75, 3.05) is 52.9 Å². The molecule has 0 spiro atoms. The molecule has 3 atom stereocenters. The van der Waals surface area contributed by atoms with Gasteiger partial charge in [-0.15, -0.1) is 0 Å². The molecule has 3 N–H and O–H groups in total. The van der Waals surface area contributed by atoms with Crippen LogP contribution in [0.15, 0.2) is 0 Å². The van der Waals surface area contributed by atoms with E-state index in [0.717, 1.165) is 25.7 Å². The van der Waals surface area contributed by atoms with E-state index < -0.39 is 12.2 Å². The summed E-state index contributed by atoms with van der Waals surface area (Å²) in [6, 6.07) is 0. The van der Waals surface area contributed by atoms with Crippen LogP contribution in [0, 0.1) is 0 Å². The summed E-state index contributed by atoms with van der Waals surface area (Å²) in [7, 11) is 0. The maximum absolute atomic E-state index is 9.39. The summed E-state index contributed by atoms with van der Waals surface area (Å²) in [5.41, 5.74) is 0. The van der Waals surface area contributed by atoms with E-state index in [1.54, 1.807) is 0 Å². The van der Waals surface area contributed by atoms with Crippen molar-refractivity contribution >= 4 is 0 Å². The number of aliphatic hydroxyl groups is 3. The van der Waals surface area contributed by atoms with Gasteiger partial charge in [-0.05, 0) is 12.8 Å². The van der Waals surface area contributed by atoms with Gasteiger partial charge in [-0.1, -0.05) is 26.7 Å². The number of aliphatic hydroxyl groups excluding tert-OH is 3. The monoisotopic (exact) mass is 352 g/mol. The second-order valence-electron chi connectivity index (χ2n) is 5.79. The Morgan fingerprint density at radius 2 is 1.25 bits per heavy atom. The third kappa shape index (κ3) is 14.1. The van der Waals surface area contributed by atoms with Gasteiger partial charge in [-0.25, -0.2) is 0 Å². The lowest BCUT2D eigenvalue weighted by Crippen LogP contribution is -2.34. The third-order valence-corrected chi connectivity index (χ3v) is 3.35. The fourth-order valence-electron chi connectivity index (χ4n) is 1.76. The maximum Gasteiger partial charge on any atom is 0.104 e. The molecule has 0 aliphatic heterocycles. The molecule has 0 aromatic heterocycles. The molecule has 0 radical (unpaired) electrons. The molecule has 0 amide bonds. The molecule has 0 aromatic rings. The summed E-state index contributed by atoms with van der Waals surface area (Å²) < 4.78 is 22.2. The highest BCUT2D eigenvalue weighted by Crippen LogP contribution is 2.03. The minimum Gasteiger partial charge on any atom is -0.394 e. The summed E-state index contributed by atoms with van der Waals surface area (Å²) in [4.78, 5) is 0. The number of hydrogen-bond acceptors (Lipinski definition) is 7. The predicted octanol–water partition coefficient (Wildman–Crippen LogP) is 0.736. The highest BCUT2D eigenvalue weighted by molar-refractivity contribution is 4.62. The van der Waals surface area contributed by atoms with Crippen LogP contribution in [-0.4, -0.2) is 86.5 Å². The Hall–Kier alpha value is -0.280. The van der Waals surface area contributed by atoms with Crippen molar-refractivity contribution in [2.24, 2.45) is 0 Å². The molecule has 7 heteroatoms. The molecule has 0 rings (SSSR count). The van der Waals surface area contributed by atoms with Gasteiger partial charge in [-0.3, -0.25) is 0 Å². The smallest absolute Gasteiger partial charge is 0.104 e. The van der Waals surface area contributed by atoms with E-state index in [0.29, 0.717) is 26.4 Å². The molecule has 0 fully saturated rings. The summed E-state index contributed by atoms with van der Waals surface area (Å²) in [6.07, 6.45) is 2.36. The molecule has 24 heavy (non-hydrogen) atoms. The zero-order chi connectivity index (χ0) is 18.0. The minimum absolute atomic E-state index is 0.0124. The van der Waals surface area contributed by atoms with Crippen LogP contribution in [0.25, 0.3) is 0 Å². The van der Waals surface area contributed by atoms with Crippen molar-refractivity contribution in [2.45, 2.75) is 57.8 Å². The Morgan fingerprint density at radius 3 is 1.75 bits per heavy atom. The molecule has 0 aliphatic rings. The number of unbranched alkanes of at least 4 members (excludes halogenated alkanes) is 2. The molecule has 3 unspecified atom stereocenters. The van der Waals surface area contributed by atoms with E-state index in [2.05, 4.69) is 13.8 Å². The second kappa shape index (κ2) is 17.5. The number of rotatable bonds is 18. The topological polar surface area (TPSA) is 97.6 Å². The van der Waals surface area contributed by atoms with Crippen LogP contribution in [0.3, 0.4) is 0 Å². The molecule has 0 saturated carbocycles. The first kappa shape index (κ1) is 23.7. The average molecular weight is 352 g/mol. The molecular weight excluding hydrogens is 316 g/mol. The van der Waals surface area contributed by atoms with Gasteiger partial charge >= 0.3 is 0 Å². The largest absolute Gasteiger partial charge is 0.394 e. The van der Waals surface area contributed by atoms with Crippen LogP contribution in [-0.2, 0) is 18.9 Å². The van der Waals surface area contributed by atoms with Gasteiger partial charge in [0.1, 0.15) is 18.3 Å². The Balaban J connectivity index is 4.12. The summed E-state index contributed by atoms with van der Waals surface area (Å²) in [6.45, 7) is 5.90. The first-order valence-electron chi connectivity index (χ1n) is 8.96. The molecule has 0 aliphatic carbocycles. The summed E-state index contributed by atoms with van der Waals surface area (Å²) >= 11 is 0. The Bertz CT molecular complexity index is 253. The average Bonchev–Trinajstić information content (AvgIpc) is 2.61. The van der Waals surface area contributed by atoms with Crippen LogP contribution < -0.4 is 0 Å². The van der Waals surface area contributed by atoms with Gasteiger partial charge in [0.15, 0.2) is 0 Å². The number of hydrogen-bond donors (Lipinski definition) is 3. The van der Waals surface area contributed by atoms with E-state index in [9.17, 15) is 10.2 Å². The van der Waals surface area contributed by atoms with Crippen molar-refractivity contribution < 1.29 is 34.3 Å². The van der Waals surface area contributed by atoms with Gasteiger partial charge in [0.05, 0.1) is 39.6 Å². The lowest BCUT2D eigenvalue weighted by Gasteiger charge is -2.22. The summed E-state index contributed by atoms with van der Waals surface area (Å²) in [5.74, 6) is 0. The van der Waals surface area contributed by atoms with Crippen LogP contribution in [0.2, 0.25) is 0 Å². The molecule has 0 aromatic carbocycles. The van der Waals surface area contributed by atoms with Gasteiger partial charge in [0.2, 0.25) is 0 Å². The Labute approximate surface area is 145 Å². The van der Waals surface area contributed by atoms with Crippen LogP contribution >= 0.6 is 0 Å². The normalized spacial score (nSPS) is 15.4. The van der Waals surface area contributed by atoms with E-state index in [-0.39, 0.29) is 32.5 Å². The molecule has 7 nitrogen and oxygen atoms in total. The van der Waals surface area contributed by atoms with Gasteiger partial charge in [0.25, 0.3) is 0 Å². The fraction of sp³-hybridized carbons (Fsp3) is 1.00. The highest BCUT2D eigenvalue weighted by atomic mass is 16.6. The SMILES string of the molecule is CCCCOCC(CO)OCC(COCCCC)OCC(O)CO. The summed E-state index contributed by atoms with van der Waals surface area (Å²) in [5, 5.41) is 27.6. The number of ether oxygens (including phenoxy) is 4. The predicted molar refractivity (Wildman–Crippen MR) is 91.1 cm³/mol. The highest BCUT2D eigenvalue weighted by Gasteiger charge is 2.16. The fourth-order valence-corrected chi connectivity index (χ4v) is 1.76.